The van der Waals surface area contributed by atoms with Gasteiger partial charge in [0.25, 0.3) is 9.84 Å². The molecule has 0 spiro atoms. The second kappa shape index (κ2) is 9.41. The molecule has 0 aromatic heterocycles. The smallest absolute Gasteiger partial charge is 0.292 e. The van der Waals surface area contributed by atoms with Crippen molar-refractivity contribution in [3.63, 3.8) is 0 Å². The fourth-order valence-electron chi connectivity index (χ4n) is 2.96. The van der Waals surface area contributed by atoms with Crippen molar-refractivity contribution in [1.82, 2.24) is 0 Å². The van der Waals surface area contributed by atoms with E-state index in [0.29, 0.717) is 11.1 Å². The van der Waals surface area contributed by atoms with Gasteiger partial charge < -0.3 is 0 Å². The van der Waals surface area contributed by atoms with E-state index in [-0.39, 0.29) is 0 Å². The molecule has 0 heterocycles. The molecular weight excluding hydrogens is 437 g/mol. The SMILES string of the molecule is Cc1ccc([C@H](C#Cc2ccc(F)cc2)CC(=O)C(F)(F)S(=O)(=O)c2ccccc2)cc1. The fraction of sp³-hybridized carbons (Fsp3) is 0.160. The van der Waals surface area contributed by atoms with Crippen LogP contribution in [0, 0.1) is 24.6 Å². The first kappa shape index (κ1) is 23.3. The van der Waals surface area contributed by atoms with Gasteiger partial charge in [-0.15, -0.1) is 0 Å². The molecule has 3 rings (SSSR count). The number of carbonyl (C=O) groups is 1. The molecule has 3 aromatic carbocycles. The number of benzene rings is 3. The van der Waals surface area contributed by atoms with E-state index in [0.717, 1.165) is 17.7 Å². The zero-order valence-corrected chi connectivity index (χ0v) is 17.9. The Morgan fingerprint density at radius 3 is 2.12 bits per heavy atom. The number of Topliss-reactive ketones (excluding diaryl/α,β-unsaturated/α-hetero) is 1. The molecular formula is C25H19F3O3S. The van der Waals surface area contributed by atoms with E-state index in [9.17, 15) is 26.4 Å². The zero-order chi connectivity index (χ0) is 23.4. The number of sulfone groups is 1. The topological polar surface area (TPSA) is 51.2 Å². The van der Waals surface area contributed by atoms with Gasteiger partial charge in [-0.2, -0.15) is 8.78 Å². The molecule has 32 heavy (non-hydrogen) atoms. The Balaban J connectivity index is 1.94. The van der Waals surface area contributed by atoms with E-state index in [1.807, 2.05) is 6.92 Å². The minimum atomic E-state index is -5.22. The molecule has 3 nitrogen and oxygen atoms in total. The number of hydrogen-bond donors (Lipinski definition) is 0. The Labute approximate surface area is 184 Å². The summed E-state index contributed by atoms with van der Waals surface area (Å²) < 4.78 is 67.6. The second-order valence-electron chi connectivity index (χ2n) is 7.20. The first-order valence-corrected chi connectivity index (χ1v) is 11.1. The lowest BCUT2D eigenvalue weighted by Crippen LogP contribution is -2.38. The molecule has 164 valence electrons. The molecule has 0 unspecified atom stereocenters. The van der Waals surface area contributed by atoms with Gasteiger partial charge in [-0.1, -0.05) is 59.9 Å². The largest absolute Gasteiger partial charge is 0.406 e. The molecule has 0 radical (unpaired) electrons. The molecule has 0 amide bonds. The van der Waals surface area contributed by atoms with Crippen LogP contribution < -0.4 is 0 Å². The lowest BCUT2D eigenvalue weighted by atomic mass is 9.93. The minimum Gasteiger partial charge on any atom is -0.292 e. The van der Waals surface area contributed by atoms with E-state index in [1.165, 1.54) is 42.5 Å². The average molecular weight is 456 g/mol. The van der Waals surface area contributed by atoms with E-state index in [4.69, 9.17) is 0 Å². The number of rotatable bonds is 6. The number of hydrogen-bond acceptors (Lipinski definition) is 3. The summed E-state index contributed by atoms with van der Waals surface area (Å²) in [4.78, 5) is 11.9. The number of alkyl halides is 2. The quantitative estimate of drug-likeness (QED) is 0.474. The molecule has 0 fully saturated rings. The molecule has 0 N–H and O–H groups in total. The normalized spacial score (nSPS) is 12.5. The molecule has 0 aliphatic heterocycles. The summed E-state index contributed by atoms with van der Waals surface area (Å²) in [5.74, 6) is 2.33. The van der Waals surface area contributed by atoms with E-state index < -0.39 is 43.9 Å². The van der Waals surface area contributed by atoms with Crippen LogP contribution in [-0.4, -0.2) is 19.5 Å². The average Bonchev–Trinajstić information content (AvgIpc) is 2.78. The fourth-order valence-corrected chi connectivity index (χ4v) is 4.15. The number of carbonyl (C=O) groups excluding carboxylic acids is 1. The van der Waals surface area contributed by atoms with Crippen molar-refractivity contribution >= 4 is 15.6 Å². The highest BCUT2D eigenvalue weighted by molar-refractivity contribution is 7.93. The van der Waals surface area contributed by atoms with Gasteiger partial charge in [0.2, 0.25) is 5.78 Å². The predicted octanol–water partition coefficient (Wildman–Crippen LogP) is 5.30. The third kappa shape index (κ3) is 5.09. The number of ketones is 1. The van der Waals surface area contributed by atoms with Crippen LogP contribution in [0.2, 0.25) is 0 Å². The van der Waals surface area contributed by atoms with Crippen LogP contribution in [0.25, 0.3) is 0 Å². The standard InChI is InChI=1S/C25H19F3O3S/c1-18-7-12-20(13-8-18)21(14-9-19-10-15-22(26)16-11-19)17-24(29)25(27,28)32(30,31)23-5-3-2-4-6-23/h2-8,10-13,15-16,21H,17H2,1H3/t21-/m1/s1. The molecule has 3 aromatic rings. The van der Waals surface area contributed by atoms with Crippen molar-refractivity contribution in [2.75, 3.05) is 0 Å². The van der Waals surface area contributed by atoms with Gasteiger partial charge in [0.05, 0.1) is 10.8 Å². The van der Waals surface area contributed by atoms with Gasteiger partial charge in [0.15, 0.2) is 0 Å². The maximum absolute atomic E-state index is 14.8. The van der Waals surface area contributed by atoms with Crippen LogP contribution in [-0.2, 0) is 14.6 Å². The van der Waals surface area contributed by atoms with Crippen molar-refractivity contribution in [3.05, 3.63) is 101 Å². The first-order valence-electron chi connectivity index (χ1n) is 9.66. The summed E-state index contributed by atoms with van der Waals surface area (Å²) >= 11 is 0. The summed E-state index contributed by atoms with van der Waals surface area (Å²) in [6.45, 7) is 1.84. The van der Waals surface area contributed by atoms with E-state index in [2.05, 4.69) is 11.8 Å². The molecule has 0 bridgehead atoms. The van der Waals surface area contributed by atoms with Crippen LogP contribution in [0.1, 0.15) is 29.0 Å². The van der Waals surface area contributed by atoms with Crippen molar-refractivity contribution in [2.45, 2.75) is 29.4 Å². The summed E-state index contributed by atoms with van der Waals surface area (Å²) in [5, 5.41) is -4.62. The Kier molecular flexibility index (Phi) is 6.85. The highest BCUT2D eigenvalue weighted by Gasteiger charge is 2.53. The Morgan fingerprint density at radius 1 is 0.938 bits per heavy atom. The first-order chi connectivity index (χ1) is 15.1. The van der Waals surface area contributed by atoms with E-state index >= 15 is 0 Å². The number of halogens is 3. The van der Waals surface area contributed by atoms with Gasteiger partial charge in [0.1, 0.15) is 5.82 Å². The molecule has 0 aliphatic carbocycles. The van der Waals surface area contributed by atoms with Gasteiger partial charge in [-0.3, -0.25) is 4.79 Å². The van der Waals surface area contributed by atoms with Crippen molar-refractivity contribution in [3.8, 4) is 11.8 Å². The van der Waals surface area contributed by atoms with Gasteiger partial charge in [-0.25, -0.2) is 12.8 Å². The molecule has 0 saturated heterocycles. The summed E-state index contributed by atoms with van der Waals surface area (Å²) in [5.41, 5.74) is 1.84. The lowest BCUT2D eigenvalue weighted by molar-refractivity contribution is -0.133. The monoisotopic (exact) mass is 456 g/mol. The summed E-state index contributed by atoms with van der Waals surface area (Å²) in [6, 6.07) is 18.2. The molecule has 0 saturated carbocycles. The Hall–Kier alpha value is -3.37. The second-order valence-corrected chi connectivity index (χ2v) is 9.19. The maximum atomic E-state index is 14.8. The molecule has 7 heteroatoms. The summed E-state index contributed by atoms with van der Waals surface area (Å²) in [7, 11) is -5.22. The Bertz CT molecular complexity index is 1260. The van der Waals surface area contributed by atoms with Crippen LogP contribution in [0.15, 0.2) is 83.8 Å². The third-order valence-electron chi connectivity index (χ3n) is 4.82. The van der Waals surface area contributed by atoms with Gasteiger partial charge in [0, 0.05) is 12.0 Å². The van der Waals surface area contributed by atoms with Crippen LogP contribution in [0.3, 0.4) is 0 Å². The molecule has 1 atom stereocenters. The third-order valence-corrected chi connectivity index (χ3v) is 6.62. The van der Waals surface area contributed by atoms with Crippen molar-refractivity contribution in [2.24, 2.45) is 0 Å². The lowest BCUT2D eigenvalue weighted by Gasteiger charge is -2.18. The van der Waals surface area contributed by atoms with Crippen molar-refractivity contribution in [1.29, 1.82) is 0 Å². The summed E-state index contributed by atoms with van der Waals surface area (Å²) in [6.07, 6.45) is -0.809. The predicted molar refractivity (Wildman–Crippen MR) is 115 cm³/mol. The van der Waals surface area contributed by atoms with Crippen molar-refractivity contribution < 1.29 is 26.4 Å². The van der Waals surface area contributed by atoms with Gasteiger partial charge >= 0.3 is 5.25 Å². The van der Waals surface area contributed by atoms with Gasteiger partial charge in [-0.05, 0) is 48.9 Å². The van der Waals surface area contributed by atoms with Crippen LogP contribution >= 0.6 is 0 Å². The Morgan fingerprint density at radius 2 is 1.53 bits per heavy atom. The van der Waals surface area contributed by atoms with E-state index in [1.54, 1.807) is 24.3 Å². The zero-order valence-electron chi connectivity index (χ0n) is 17.1. The minimum absolute atomic E-state index is 0.430. The highest BCUT2D eigenvalue weighted by atomic mass is 32.2. The van der Waals surface area contributed by atoms with Crippen LogP contribution in [0.5, 0.6) is 0 Å². The highest BCUT2D eigenvalue weighted by Crippen LogP contribution is 2.33. The molecule has 0 aliphatic rings. The maximum Gasteiger partial charge on any atom is 0.406 e. The number of aryl methyl sites for hydroxylation is 1. The van der Waals surface area contributed by atoms with Crippen LogP contribution in [0.4, 0.5) is 13.2 Å².